The van der Waals surface area contributed by atoms with E-state index in [2.05, 4.69) is 5.32 Å². The molecular formula is C26H21N3O2. The van der Waals surface area contributed by atoms with Crippen molar-refractivity contribution < 1.29 is 9.59 Å². The molecule has 1 aliphatic rings. The number of aryl methyl sites for hydroxylation is 2. The van der Waals surface area contributed by atoms with Crippen LogP contribution < -0.4 is 10.2 Å². The minimum atomic E-state index is -0.587. The molecule has 152 valence electrons. The Morgan fingerprint density at radius 1 is 1.00 bits per heavy atom. The number of fused-ring (bicyclic) bond motifs is 1. The van der Waals surface area contributed by atoms with Crippen LogP contribution in [0.4, 0.5) is 11.4 Å². The predicted molar refractivity (Wildman–Crippen MR) is 121 cm³/mol. The Hall–Kier alpha value is -4.17. The van der Waals surface area contributed by atoms with Gasteiger partial charge in [0.15, 0.2) is 0 Å². The molecule has 3 aromatic rings. The van der Waals surface area contributed by atoms with Crippen molar-refractivity contribution in [3.8, 4) is 6.07 Å². The SMILES string of the molecule is Cc1ccc(C)c(NC(=O)/C(C#N)=C2\C(=O)N(Cc3ccccc3)c3ccccc32)c1. The summed E-state index contributed by atoms with van der Waals surface area (Å²) < 4.78 is 0. The summed E-state index contributed by atoms with van der Waals surface area (Å²) in [6, 6.07) is 24.6. The van der Waals surface area contributed by atoms with Gasteiger partial charge in [-0.05, 0) is 42.7 Å². The van der Waals surface area contributed by atoms with Gasteiger partial charge >= 0.3 is 0 Å². The summed E-state index contributed by atoms with van der Waals surface area (Å²) >= 11 is 0. The van der Waals surface area contributed by atoms with Gasteiger partial charge in [-0.2, -0.15) is 5.26 Å². The highest BCUT2D eigenvalue weighted by molar-refractivity contribution is 6.37. The minimum absolute atomic E-state index is 0.136. The smallest absolute Gasteiger partial charge is 0.267 e. The van der Waals surface area contributed by atoms with Crippen molar-refractivity contribution in [1.82, 2.24) is 0 Å². The third-order valence-corrected chi connectivity index (χ3v) is 5.34. The zero-order valence-electron chi connectivity index (χ0n) is 17.3. The molecule has 1 heterocycles. The predicted octanol–water partition coefficient (Wildman–Crippen LogP) is 4.77. The van der Waals surface area contributed by atoms with E-state index in [-0.39, 0.29) is 17.1 Å². The second kappa shape index (κ2) is 8.29. The normalized spacial score (nSPS) is 14.1. The van der Waals surface area contributed by atoms with Crippen molar-refractivity contribution >= 4 is 28.8 Å². The van der Waals surface area contributed by atoms with E-state index < -0.39 is 5.91 Å². The molecule has 0 fully saturated rings. The highest BCUT2D eigenvalue weighted by atomic mass is 16.2. The lowest BCUT2D eigenvalue weighted by molar-refractivity contribution is -0.114. The van der Waals surface area contributed by atoms with Gasteiger partial charge in [-0.15, -0.1) is 0 Å². The molecule has 0 unspecified atom stereocenters. The zero-order valence-corrected chi connectivity index (χ0v) is 17.3. The maximum Gasteiger partial charge on any atom is 0.267 e. The summed E-state index contributed by atoms with van der Waals surface area (Å²) in [5.41, 5.74) is 4.69. The molecule has 1 aliphatic heterocycles. The van der Waals surface area contributed by atoms with Crippen LogP contribution in [0, 0.1) is 25.2 Å². The van der Waals surface area contributed by atoms with Crippen LogP contribution in [0.1, 0.15) is 22.3 Å². The Balaban J connectivity index is 1.75. The molecule has 0 spiro atoms. The first kappa shape index (κ1) is 20.1. The Morgan fingerprint density at radius 3 is 2.45 bits per heavy atom. The van der Waals surface area contributed by atoms with Crippen molar-refractivity contribution in [2.75, 3.05) is 10.2 Å². The minimum Gasteiger partial charge on any atom is -0.321 e. The molecule has 0 aromatic heterocycles. The van der Waals surface area contributed by atoms with Crippen molar-refractivity contribution in [2.45, 2.75) is 20.4 Å². The number of para-hydroxylation sites is 1. The van der Waals surface area contributed by atoms with E-state index >= 15 is 0 Å². The van der Waals surface area contributed by atoms with Crippen molar-refractivity contribution in [3.05, 3.63) is 101 Å². The molecule has 5 heteroatoms. The fraction of sp³-hybridized carbons (Fsp3) is 0.115. The van der Waals surface area contributed by atoms with E-state index in [1.54, 1.807) is 17.0 Å². The first-order chi connectivity index (χ1) is 15.0. The van der Waals surface area contributed by atoms with E-state index in [0.717, 1.165) is 16.7 Å². The molecule has 2 amide bonds. The number of hydrogen-bond acceptors (Lipinski definition) is 3. The molecule has 1 N–H and O–H groups in total. The number of hydrogen-bond donors (Lipinski definition) is 1. The van der Waals surface area contributed by atoms with Crippen LogP contribution in [0.2, 0.25) is 0 Å². The van der Waals surface area contributed by atoms with Crippen LogP contribution in [0.5, 0.6) is 0 Å². The fourth-order valence-electron chi connectivity index (χ4n) is 3.72. The highest BCUT2D eigenvalue weighted by Gasteiger charge is 2.36. The molecule has 0 aliphatic carbocycles. The van der Waals surface area contributed by atoms with Crippen LogP contribution in [0.15, 0.2) is 78.4 Å². The Labute approximate surface area is 181 Å². The van der Waals surface area contributed by atoms with Crippen LogP contribution in [-0.4, -0.2) is 11.8 Å². The number of amides is 2. The van der Waals surface area contributed by atoms with Crippen molar-refractivity contribution in [3.63, 3.8) is 0 Å². The van der Waals surface area contributed by atoms with E-state index in [9.17, 15) is 14.9 Å². The second-order valence-corrected chi connectivity index (χ2v) is 7.53. The molecule has 31 heavy (non-hydrogen) atoms. The fourth-order valence-corrected chi connectivity index (χ4v) is 3.72. The molecule has 0 saturated carbocycles. The lowest BCUT2D eigenvalue weighted by Gasteiger charge is -2.17. The molecular weight excluding hydrogens is 386 g/mol. The van der Waals surface area contributed by atoms with Crippen molar-refractivity contribution in [2.24, 2.45) is 0 Å². The quantitative estimate of drug-likeness (QED) is 0.500. The summed E-state index contributed by atoms with van der Waals surface area (Å²) in [5, 5.41) is 12.6. The third kappa shape index (κ3) is 3.84. The number of nitriles is 1. The molecule has 0 saturated heterocycles. The number of carbonyl (C=O) groups is 2. The van der Waals surface area contributed by atoms with Gasteiger partial charge in [-0.25, -0.2) is 0 Å². The zero-order chi connectivity index (χ0) is 22.0. The number of benzene rings is 3. The van der Waals surface area contributed by atoms with E-state index in [0.29, 0.717) is 23.5 Å². The van der Waals surface area contributed by atoms with Gasteiger partial charge in [0.2, 0.25) is 0 Å². The van der Waals surface area contributed by atoms with Gasteiger partial charge < -0.3 is 10.2 Å². The highest BCUT2D eigenvalue weighted by Crippen LogP contribution is 2.39. The molecule has 0 atom stereocenters. The average molecular weight is 407 g/mol. The second-order valence-electron chi connectivity index (χ2n) is 7.53. The standard InChI is InChI=1S/C26H21N3O2/c1-17-12-13-18(2)22(14-17)28-25(30)21(15-27)24-20-10-6-7-11-23(20)29(26(24)31)16-19-8-4-3-5-9-19/h3-14H,16H2,1-2H3,(H,28,30)/b24-21-. The van der Waals surface area contributed by atoms with Gasteiger partial charge in [0.25, 0.3) is 11.8 Å². The molecule has 3 aromatic carbocycles. The van der Waals surface area contributed by atoms with E-state index in [1.807, 2.05) is 80.6 Å². The summed E-state index contributed by atoms with van der Waals surface area (Å²) in [4.78, 5) is 28.0. The molecule has 0 radical (unpaired) electrons. The number of rotatable bonds is 4. The number of carbonyl (C=O) groups excluding carboxylic acids is 2. The summed E-state index contributed by atoms with van der Waals surface area (Å²) in [5.74, 6) is -0.936. The summed E-state index contributed by atoms with van der Waals surface area (Å²) in [6.45, 7) is 4.17. The number of nitrogens with one attached hydrogen (secondary N) is 1. The number of anilines is 2. The Kier molecular flexibility index (Phi) is 5.38. The van der Waals surface area contributed by atoms with Crippen LogP contribution in [-0.2, 0) is 16.1 Å². The van der Waals surface area contributed by atoms with Gasteiger partial charge in [0, 0.05) is 11.3 Å². The van der Waals surface area contributed by atoms with Crippen LogP contribution in [0.3, 0.4) is 0 Å². The lowest BCUT2D eigenvalue weighted by atomic mass is 10.0. The van der Waals surface area contributed by atoms with Crippen LogP contribution >= 0.6 is 0 Å². The Morgan fingerprint density at radius 2 is 1.71 bits per heavy atom. The topological polar surface area (TPSA) is 73.2 Å². The number of nitrogens with zero attached hydrogens (tertiary/aromatic N) is 2. The molecule has 0 bridgehead atoms. The van der Waals surface area contributed by atoms with Gasteiger partial charge in [0.1, 0.15) is 11.6 Å². The maximum absolute atomic E-state index is 13.4. The monoisotopic (exact) mass is 407 g/mol. The first-order valence-electron chi connectivity index (χ1n) is 9.97. The maximum atomic E-state index is 13.4. The summed E-state index contributed by atoms with van der Waals surface area (Å²) in [7, 11) is 0. The molecule has 4 rings (SSSR count). The van der Waals surface area contributed by atoms with Crippen LogP contribution in [0.25, 0.3) is 5.57 Å². The Bertz CT molecular complexity index is 1250. The third-order valence-electron chi connectivity index (χ3n) is 5.34. The first-order valence-corrected chi connectivity index (χ1v) is 9.97. The largest absolute Gasteiger partial charge is 0.321 e. The van der Waals surface area contributed by atoms with Crippen molar-refractivity contribution in [1.29, 1.82) is 5.26 Å². The lowest BCUT2D eigenvalue weighted by Crippen LogP contribution is -2.27. The molecule has 5 nitrogen and oxygen atoms in total. The van der Waals surface area contributed by atoms with Gasteiger partial charge in [-0.1, -0.05) is 60.7 Å². The van der Waals surface area contributed by atoms with Gasteiger partial charge in [0.05, 0.1) is 17.8 Å². The van der Waals surface area contributed by atoms with E-state index in [4.69, 9.17) is 0 Å². The summed E-state index contributed by atoms with van der Waals surface area (Å²) in [6.07, 6.45) is 0. The van der Waals surface area contributed by atoms with Gasteiger partial charge in [-0.3, -0.25) is 9.59 Å². The van der Waals surface area contributed by atoms with E-state index in [1.165, 1.54) is 0 Å². The average Bonchev–Trinajstić information content (AvgIpc) is 3.04.